The van der Waals surface area contributed by atoms with Gasteiger partial charge in [-0.15, -0.1) is 0 Å². The number of fused-ring (bicyclic) bond motifs is 5. The van der Waals surface area contributed by atoms with Crippen molar-refractivity contribution in [2.75, 3.05) is 6.61 Å². The molecular weight excluding hydrogens is 438 g/mol. The van der Waals surface area contributed by atoms with Gasteiger partial charge >= 0.3 is 5.97 Å². The number of hydrogen-bond acceptors (Lipinski definition) is 4. The highest BCUT2D eigenvalue weighted by atomic mass is 16.4. The van der Waals surface area contributed by atoms with Gasteiger partial charge in [0.2, 0.25) is 0 Å². The maximum Gasteiger partial charge on any atom is 0.322 e. The number of carboxylic acid groups (broad SMARTS) is 1. The lowest BCUT2D eigenvalue weighted by molar-refractivity contribution is -0.139. The van der Waals surface area contributed by atoms with Crippen molar-refractivity contribution in [3.05, 3.63) is 11.6 Å². The molecule has 0 aromatic carbocycles. The Morgan fingerprint density at radius 2 is 1.80 bits per heavy atom. The summed E-state index contributed by atoms with van der Waals surface area (Å²) in [6.45, 7) is 12.1. The van der Waals surface area contributed by atoms with Crippen LogP contribution in [-0.2, 0) is 4.79 Å². The number of aliphatic hydroxyl groups excluding tert-OH is 2. The second kappa shape index (κ2) is 11.6. The molecule has 0 aliphatic heterocycles. The lowest BCUT2D eigenvalue weighted by atomic mass is 9.47. The van der Waals surface area contributed by atoms with Crippen LogP contribution in [0.3, 0.4) is 0 Å². The number of carbonyl (C=O) groups is 1. The largest absolute Gasteiger partial charge is 0.480 e. The standard InChI is InChI=1S/C27H46O.C3H7NO3/c1-18(2)7-6-8-19(3)23-11-12-24-22-10-9-20-17-21(28)13-15-26(20,4)25(22)14-16-27(23,24)5;4-2(1-5)3(6)7/h9,18-19,21-25,28H,6-8,10-17H2,1-5H3;2,5H,1,4H2,(H,6,7)/t19-,21+,22+,23-,24+,25+,26+,27-;2-/m10/s1. The van der Waals surface area contributed by atoms with Crippen molar-refractivity contribution in [3.63, 3.8) is 0 Å². The lowest BCUT2D eigenvalue weighted by Crippen LogP contribution is -2.50. The van der Waals surface area contributed by atoms with Crippen LogP contribution in [0.25, 0.3) is 0 Å². The number of rotatable bonds is 7. The van der Waals surface area contributed by atoms with Crippen LogP contribution in [-0.4, -0.2) is 40.0 Å². The molecule has 0 amide bonds. The summed E-state index contributed by atoms with van der Waals surface area (Å²) in [5, 5.41) is 26.1. The first kappa shape index (κ1) is 28.7. The van der Waals surface area contributed by atoms with Gasteiger partial charge in [0.25, 0.3) is 0 Å². The van der Waals surface area contributed by atoms with Crippen molar-refractivity contribution >= 4 is 5.97 Å². The molecule has 5 N–H and O–H groups in total. The van der Waals surface area contributed by atoms with Gasteiger partial charge in [-0.05, 0) is 97.7 Å². The zero-order chi connectivity index (χ0) is 26.0. The summed E-state index contributed by atoms with van der Waals surface area (Å²) in [6.07, 6.45) is 17.2. The summed E-state index contributed by atoms with van der Waals surface area (Å²) in [4.78, 5) is 9.65. The summed E-state index contributed by atoms with van der Waals surface area (Å²) in [7, 11) is 0. The van der Waals surface area contributed by atoms with Crippen molar-refractivity contribution in [1.82, 2.24) is 0 Å². The van der Waals surface area contributed by atoms with Crippen molar-refractivity contribution in [1.29, 1.82) is 0 Å². The molecule has 0 aromatic heterocycles. The van der Waals surface area contributed by atoms with E-state index in [9.17, 15) is 9.90 Å². The molecule has 5 nitrogen and oxygen atoms in total. The molecule has 202 valence electrons. The van der Waals surface area contributed by atoms with Gasteiger partial charge in [-0.1, -0.05) is 65.5 Å². The van der Waals surface area contributed by atoms with Crippen LogP contribution < -0.4 is 5.73 Å². The molecule has 9 atom stereocenters. The van der Waals surface area contributed by atoms with Crippen molar-refractivity contribution in [2.45, 2.75) is 117 Å². The fourth-order valence-electron chi connectivity index (χ4n) is 8.74. The number of aliphatic carboxylic acids is 1. The summed E-state index contributed by atoms with van der Waals surface area (Å²) in [5.74, 6) is 4.28. The fourth-order valence-corrected chi connectivity index (χ4v) is 8.74. The van der Waals surface area contributed by atoms with Crippen LogP contribution in [0, 0.1) is 46.3 Å². The Kier molecular flexibility index (Phi) is 9.54. The maximum absolute atomic E-state index is 10.2. The van der Waals surface area contributed by atoms with Crippen LogP contribution in [0.4, 0.5) is 0 Å². The van der Waals surface area contributed by atoms with E-state index in [2.05, 4.69) is 40.7 Å². The Bertz CT molecular complexity index is 751. The average Bonchev–Trinajstić information content (AvgIpc) is 3.16. The van der Waals surface area contributed by atoms with Gasteiger partial charge in [-0.2, -0.15) is 0 Å². The molecule has 0 unspecified atom stereocenters. The quantitative estimate of drug-likeness (QED) is 0.338. The molecule has 0 aromatic rings. The van der Waals surface area contributed by atoms with E-state index >= 15 is 0 Å². The molecule has 35 heavy (non-hydrogen) atoms. The number of nitrogens with two attached hydrogens (primary N) is 1. The van der Waals surface area contributed by atoms with E-state index in [1.165, 1.54) is 57.8 Å². The Morgan fingerprint density at radius 3 is 2.40 bits per heavy atom. The van der Waals surface area contributed by atoms with E-state index in [-0.39, 0.29) is 6.10 Å². The molecular formula is C30H53NO4. The van der Waals surface area contributed by atoms with Gasteiger partial charge < -0.3 is 21.1 Å². The molecule has 3 fully saturated rings. The monoisotopic (exact) mass is 491 g/mol. The van der Waals surface area contributed by atoms with E-state index in [4.69, 9.17) is 15.9 Å². The highest BCUT2D eigenvalue weighted by molar-refractivity contribution is 5.73. The van der Waals surface area contributed by atoms with Crippen molar-refractivity contribution < 1.29 is 20.1 Å². The minimum atomic E-state index is -1.18. The Labute approximate surface area is 213 Å². The first-order chi connectivity index (χ1) is 16.4. The fraction of sp³-hybridized carbons (Fsp3) is 0.900. The Hall–Kier alpha value is -0.910. The number of carboxylic acids is 1. The third-order valence-corrected chi connectivity index (χ3v) is 10.8. The van der Waals surface area contributed by atoms with Crippen LogP contribution in [0.5, 0.6) is 0 Å². The predicted molar refractivity (Wildman–Crippen MR) is 142 cm³/mol. The van der Waals surface area contributed by atoms with Gasteiger partial charge in [0, 0.05) is 0 Å². The second-order valence-electron chi connectivity index (χ2n) is 13.3. The molecule has 4 aliphatic rings. The van der Waals surface area contributed by atoms with Gasteiger partial charge in [0.15, 0.2) is 0 Å². The highest BCUT2D eigenvalue weighted by Gasteiger charge is 2.59. The topological polar surface area (TPSA) is 104 Å². The first-order valence-electron chi connectivity index (χ1n) is 14.4. The molecule has 5 heteroatoms. The summed E-state index contributed by atoms with van der Waals surface area (Å²) in [6, 6.07) is -1.13. The van der Waals surface area contributed by atoms with Gasteiger partial charge in [0.1, 0.15) is 6.04 Å². The third kappa shape index (κ3) is 5.99. The molecule has 3 saturated carbocycles. The molecule has 4 aliphatic carbocycles. The molecule has 0 spiro atoms. The Morgan fingerprint density at radius 1 is 1.09 bits per heavy atom. The second-order valence-corrected chi connectivity index (χ2v) is 13.3. The van der Waals surface area contributed by atoms with E-state index in [0.29, 0.717) is 10.8 Å². The summed E-state index contributed by atoms with van der Waals surface area (Å²) in [5.41, 5.74) is 7.37. The molecule has 0 saturated heterocycles. The zero-order valence-corrected chi connectivity index (χ0v) is 23.0. The smallest absolute Gasteiger partial charge is 0.322 e. The van der Waals surface area contributed by atoms with Gasteiger partial charge in [0.05, 0.1) is 12.7 Å². The molecule has 4 rings (SSSR count). The number of allylic oxidation sites excluding steroid dienone is 1. The maximum atomic E-state index is 10.2. The SMILES string of the molecule is CC(C)CCC[C@@H](C)[C@H]1CC[C@H]2[C@@H]3CC=C4C[C@@H](O)CC[C@]4(C)[C@H]3CC[C@]12C.N[C@@H](CO)C(=O)O. The van der Waals surface area contributed by atoms with Crippen molar-refractivity contribution in [2.24, 2.45) is 52.1 Å². The van der Waals surface area contributed by atoms with E-state index < -0.39 is 18.6 Å². The minimum Gasteiger partial charge on any atom is -0.480 e. The van der Waals surface area contributed by atoms with Crippen LogP contribution in [0.1, 0.15) is 105 Å². The summed E-state index contributed by atoms with van der Waals surface area (Å²) < 4.78 is 0. The van der Waals surface area contributed by atoms with E-state index in [0.717, 1.165) is 48.3 Å². The van der Waals surface area contributed by atoms with Crippen LogP contribution >= 0.6 is 0 Å². The van der Waals surface area contributed by atoms with E-state index in [1.807, 2.05) is 0 Å². The number of aliphatic hydroxyl groups is 2. The van der Waals surface area contributed by atoms with Crippen molar-refractivity contribution in [3.8, 4) is 0 Å². The van der Waals surface area contributed by atoms with Crippen LogP contribution in [0.2, 0.25) is 0 Å². The molecule has 0 radical (unpaired) electrons. The number of hydrogen-bond donors (Lipinski definition) is 4. The third-order valence-electron chi connectivity index (χ3n) is 10.8. The molecule has 0 heterocycles. The van der Waals surface area contributed by atoms with Crippen LogP contribution in [0.15, 0.2) is 11.6 Å². The van der Waals surface area contributed by atoms with Gasteiger partial charge in [-0.3, -0.25) is 4.79 Å². The first-order valence-corrected chi connectivity index (χ1v) is 14.4. The molecule has 0 bridgehead atoms. The normalized spacial score (nSPS) is 39.9. The van der Waals surface area contributed by atoms with E-state index in [1.54, 1.807) is 5.57 Å². The average molecular weight is 492 g/mol. The minimum absolute atomic E-state index is 0.0766. The summed E-state index contributed by atoms with van der Waals surface area (Å²) >= 11 is 0. The van der Waals surface area contributed by atoms with Gasteiger partial charge in [-0.25, -0.2) is 0 Å². The lowest BCUT2D eigenvalue weighted by Gasteiger charge is -2.58. The predicted octanol–water partition coefficient (Wildman–Crippen LogP) is 5.78. The zero-order valence-electron chi connectivity index (χ0n) is 23.0. The Balaban J connectivity index is 0.000000429. The highest BCUT2D eigenvalue weighted by Crippen LogP contribution is 2.67.